The van der Waals surface area contributed by atoms with Crippen LogP contribution in [-0.4, -0.2) is 28.9 Å². The van der Waals surface area contributed by atoms with Crippen molar-refractivity contribution >= 4 is 17.7 Å². The van der Waals surface area contributed by atoms with Gasteiger partial charge in [0.2, 0.25) is 0 Å². The number of benzene rings is 1. The van der Waals surface area contributed by atoms with Gasteiger partial charge < -0.3 is 10.4 Å². The largest absolute Gasteiger partial charge is 0.380 e. The molecule has 0 radical (unpaired) electrons. The van der Waals surface area contributed by atoms with E-state index < -0.39 is 5.60 Å². The SMILES string of the molecule is O=C(NCCSCc1ccccc1F)C1(O)CCCC1. The summed E-state index contributed by atoms with van der Waals surface area (Å²) in [4.78, 5) is 11.8. The first kappa shape index (κ1) is 15.3. The molecule has 1 aromatic rings. The van der Waals surface area contributed by atoms with E-state index in [1.165, 1.54) is 6.07 Å². The summed E-state index contributed by atoms with van der Waals surface area (Å²) in [6.07, 6.45) is 2.93. The highest BCUT2D eigenvalue weighted by molar-refractivity contribution is 7.98. The quantitative estimate of drug-likeness (QED) is 0.793. The number of nitrogens with one attached hydrogen (secondary N) is 1. The average molecular weight is 297 g/mol. The first-order valence-corrected chi connectivity index (χ1v) is 8.09. The van der Waals surface area contributed by atoms with Crippen LogP contribution >= 0.6 is 11.8 Å². The van der Waals surface area contributed by atoms with E-state index in [-0.39, 0.29) is 11.7 Å². The van der Waals surface area contributed by atoms with Crippen molar-refractivity contribution in [2.45, 2.75) is 37.0 Å². The molecule has 2 rings (SSSR count). The Labute approximate surface area is 123 Å². The van der Waals surface area contributed by atoms with Crippen molar-refractivity contribution in [2.75, 3.05) is 12.3 Å². The third-order valence-corrected chi connectivity index (χ3v) is 4.61. The Kier molecular flexibility index (Phi) is 5.43. The summed E-state index contributed by atoms with van der Waals surface area (Å²) in [7, 11) is 0. The summed E-state index contributed by atoms with van der Waals surface area (Å²) >= 11 is 1.57. The number of carbonyl (C=O) groups excluding carboxylic acids is 1. The Balaban J connectivity index is 1.65. The standard InChI is InChI=1S/C15H20FNO2S/c16-13-6-2-1-5-12(13)11-20-10-9-17-14(18)15(19)7-3-4-8-15/h1-2,5-6,19H,3-4,7-11H2,(H,17,18). The van der Waals surface area contributed by atoms with Gasteiger partial charge in [0, 0.05) is 18.1 Å². The fourth-order valence-electron chi connectivity index (χ4n) is 2.39. The maximum Gasteiger partial charge on any atom is 0.251 e. The van der Waals surface area contributed by atoms with Crippen molar-refractivity contribution in [3.63, 3.8) is 0 Å². The number of halogens is 1. The van der Waals surface area contributed by atoms with Crippen molar-refractivity contribution in [3.8, 4) is 0 Å². The number of amides is 1. The van der Waals surface area contributed by atoms with Gasteiger partial charge in [0.05, 0.1) is 0 Å². The zero-order valence-corrected chi connectivity index (χ0v) is 12.2. The molecule has 2 N–H and O–H groups in total. The highest BCUT2D eigenvalue weighted by atomic mass is 32.2. The normalized spacial score (nSPS) is 17.1. The summed E-state index contributed by atoms with van der Waals surface area (Å²) in [6.45, 7) is 0.500. The minimum Gasteiger partial charge on any atom is -0.380 e. The van der Waals surface area contributed by atoms with Crippen molar-refractivity contribution in [2.24, 2.45) is 0 Å². The number of aliphatic hydroxyl groups is 1. The van der Waals surface area contributed by atoms with Crippen LogP contribution in [0.4, 0.5) is 4.39 Å². The molecule has 0 bridgehead atoms. The number of thioether (sulfide) groups is 1. The molecule has 0 unspecified atom stereocenters. The molecule has 110 valence electrons. The molecular weight excluding hydrogens is 277 g/mol. The number of carbonyl (C=O) groups is 1. The Bertz CT molecular complexity index is 461. The van der Waals surface area contributed by atoms with Gasteiger partial charge in [-0.05, 0) is 37.3 Å². The van der Waals surface area contributed by atoms with Crippen LogP contribution in [0.3, 0.4) is 0 Å². The van der Waals surface area contributed by atoms with Gasteiger partial charge in [-0.2, -0.15) is 11.8 Å². The fourth-order valence-corrected chi connectivity index (χ4v) is 3.23. The van der Waals surface area contributed by atoms with Gasteiger partial charge in [-0.3, -0.25) is 4.79 Å². The molecule has 3 nitrogen and oxygen atoms in total. The molecule has 5 heteroatoms. The molecule has 0 aliphatic heterocycles. The Hall–Kier alpha value is -1.07. The van der Waals surface area contributed by atoms with Gasteiger partial charge in [-0.25, -0.2) is 4.39 Å². The highest BCUT2D eigenvalue weighted by Gasteiger charge is 2.38. The summed E-state index contributed by atoms with van der Waals surface area (Å²) in [5.41, 5.74) is -0.478. The monoisotopic (exact) mass is 297 g/mol. The summed E-state index contributed by atoms with van der Waals surface area (Å²) in [5, 5.41) is 12.8. The van der Waals surface area contributed by atoms with Gasteiger partial charge in [0.25, 0.3) is 5.91 Å². The topological polar surface area (TPSA) is 49.3 Å². The van der Waals surface area contributed by atoms with Crippen LogP contribution in [0.25, 0.3) is 0 Å². The number of hydrogen-bond acceptors (Lipinski definition) is 3. The molecule has 1 amide bonds. The zero-order valence-electron chi connectivity index (χ0n) is 11.4. The van der Waals surface area contributed by atoms with Crippen molar-refractivity contribution in [1.29, 1.82) is 0 Å². The maximum absolute atomic E-state index is 13.4. The van der Waals surface area contributed by atoms with E-state index in [0.717, 1.165) is 12.8 Å². The molecule has 1 aromatic carbocycles. The van der Waals surface area contributed by atoms with Crippen molar-refractivity contribution < 1.29 is 14.3 Å². The molecule has 0 spiro atoms. The number of hydrogen-bond donors (Lipinski definition) is 2. The van der Waals surface area contributed by atoms with Gasteiger partial charge in [0.1, 0.15) is 11.4 Å². The van der Waals surface area contributed by atoms with E-state index in [1.807, 2.05) is 6.07 Å². The lowest BCUT2D eigenvalue weighted by molar-refractivity contribution is -0.138. The molecule has 0 atom stereocenters. The van der Waals surface area contributed by atoms with E-state index >= 15 is 0 Å². The van der Waals surface area contributed by atoms with Gasteiger partial charge in [-0.15, -0.1) is 0 Å². The molecule has 0 aromatic heterocycles. The zero-order chi connectivity index (χ0) is 14.4. The average Bonchev–Trinajstić information content (AvgIpc) is 2.88. The van der Waals surface area contributed by atoms with Crippen LogP contribution in [0.15, 0.2) is 24.3 Å². The maximum atomic E-state index is 13.4. The molecule has 0 heterocycles. The summed E-state index contributed by atoms with van der Waals surface area (Å²) in [6, 6.07) is 6.71. The van der Waals surface area contributed by atoms with Crippen LogP contribution in [0.1, 0.15) is 31.2 Å². The lowest BCUT2D eigenvalue weighted by Crippen LogP contribution is -2.45. The van der Waals surface area contributed by atoms with E-state index in [0.29, 0.717) is 36.5 Å². The van der Waals surface area contributed by atoms with Crippen LogP contribution < -0.4 is 5.32 Å². The second kappa shape index (κ2) is 7.09. The lowest BCUT2D eigenvalue weighted by atomic mass is 10.0. The fraction of sp³-hybridized carbons (Fsp3) is 0.533. The molecule has 1 fully saturated rings. The third-order valence-electron chi connectivity index (χ3n) is 3.60. The van der Waals surface area contributed by atoms with Crippen molar-refractivity contribution in [1.82, 2.24) is 5.32 Å². The molecule has 1 aliphatic rings. The summed E-state index contributed by atoms with van der Waals surface area (Å²) < 4.78 is 13.4. The van der Waals surface area contributed by atoms with E-state index in [4.69, 9.17) is 0 Å². The van der Waals surface area contributed by atoms with Gasteiger partial charge in [-0.1, -0.05) is 18.2 Å². The Morgan fingerprint density at radius 2 is 2.05 bits per heavy atom. The number of rotatable bonds is 6. The Morgan fingerprint density at radius 3 is 2.75 bits per heavy atom. The van der Waals surface area contributed by atoms with Crippen LogP contribution in [0.5, 0.6) is 0 Å². The Morgan fingerprint density at radius 1 is 1.35 bits per heavy atom. The highest BCUT2D eigenvalue weighted by Crippen LogP contribution is 2.29. The molecule has 1 saturated carbocycles. The van der Waals surface area contributed by atoms with E-state index in [9.17, 15) is 14.3 Å². The van der Waals surface area contributed by atoms with E-state index in [1.54, 1.807) is 23.9 Å². The molecular formula is C15H20FNO2S. The minimum atomic E-state index is -1.16. The summed E-state index contributed by atoms with van der Waals surface area (Å²) in [5.74, 6) is 0.842. The molecule has 20 heavy (non-hydrogen) atoms. The van der Waals surface area contributed by atoms with Gasteiger partial charge in [0.15, 0.2) is 0 Å². The molecule has 1 aliphatic carbocycles. The lowest BCUT2D eigenvalue weighted by Gasteiger charge is -2.20. The smallest absolute Gasteiger partial charge is 0.251 e. The predicted molar refractivity (Wildman–Crippen MR) is 79.0 cm³/mol. The first-order chi connectivity index (χ1) is 9.62. The van der Waals surface area contributed by atoms with Crippen molar-refractivity contribution in [3.05, 3.63) is 35.6 Å². The third kappa shape index (κ3) is 3.96. The van der Waals surface area contributed by atoms with Crippen LogP contribution in [-0.2, 0) is 10.5 Å². The van der Waals surface area contributed by atoms with Gasteiger partial charge >= 0.3 is 0 Å². The first-order valence-electron chi connectivity index (χ1n) is 6.94. The van der Waals surface area contributed by atoms with E-state index in [2.05, 4.69) is 5.32 Å². The molecule has 0 saturated heterocycles. The minimum absolute atomic E-state index is 0.190. The second-order valence-electron chi connectivity index (χ2n) is 5.14. The van der Waals surface area contributed by atoms with Crippen LogP contribution in [0, 0.1) is 5.82 Å². The predicted octanol–water partition coefficient (Wildman–Crippen LogP) is 2.48. The van der Waals surface area contributed by atoms with Crippen LogP contribution in [0.2, 0.25) is 0 Å². The second-order valence-corrected chi connectivity index (χ2v) is 6.24.